The van der Waals surface area contributed by atoms with Crippen molar-refractivity contribution in [1.29, 1.82) is 0 Å². The monoisotopic (exact) mass is 405 g/mol. The Morgan fingerprint density at radius 1 is 1.39 bits per heavy atom. The molecule has 1 unspecified atom stereocenters. The molecule has 0 bridgehead atoms. The number of amides is 2. The lowest BCUT2D eigenvalue weighted by atomic mass is 10.0. The fourth-order valence-electron chi connectivity index (χ4n) is 3.28. The first-order valence-corrected chi connectivity index (χ1v) is 9.97. The highest BCUT2D eigenvalue weighted by atomic mass is 32.1. The molecule has 2 heterocycles. The second kappa shape index (κ2) is 9.11. The molecule has 7 nitrogen and oxygen atoms in total. The Morgan fingerprint density at radius 3 is 2.75 bits per heavy atom. The number of hydrogen-bond donors (Lipinski definition) is 3. The molecular formula is C19H24FN5O2S. The summed E-state index contributed by atoms with van der Waals surface area (Å²) in [4.78, 5) is 32.2. The summed E-state index contributed by atoms with van der Waals surface area (Å²) in [7, 11) is 1.90. The van der Waals surface area contributed by atoms with Crippen LogP contribution in [0.15, 0.2) is 30.5 Å². The number of nitrogen functional groups attached to an aromatic ring is 1. The summed E-state index contributed by atoms with van der Waals surface area (Å²) in [5, 5.41) is 6.13. The molecule has 1 aliphatic heterocycles. The van der Waals surface area contributed by atoms with Crippen molar-refractivity contribution in [2.75, 3.05) is 19.3 Å². The molecule has 0 aliphatic carbocycles. The van der Waals surface area contributed by atoms with E-state index in [0.717, 1.165) is 29.8 Å². The number of rotatable bonds is 7. The molecule has 1 aromatic carbocycles. The molecule has 150 valence electrons. The summed E-state index contributed by atoms with van der Waals surface area (Å²) in [5.74, 6) is -0.807. The normalized spacial score (nSPS) is 18.0. The summed E-state index contributed by atoms with van der Waals surface area (Å²) in [6, 6.07) is 4.94. The van der Waals surface area contributed by atoms with E-state index in [9.17, 15) is 14.0 Å². The molecular weight excluding hydrogens is 381 g/mol. The first-order chi connectivity index (χ1) is 13.4. The van der Waals surface area contributed by atoms with Crippen LogP contribution in [0.4, 0.5) is 9.52 Å². The lowest BCUT2D eigenvalue weighted by Crippen LogP contribution is -2.52. The average Bonchev–Trinajstić information content (AvgIpc) is 3.29. The summed E-state index contributed by atoms with van der Waals surface area (Å²) >= 11 is 1.30. The predicted octanol–water partition coefficient (Wildman–Crippen LogP) is 1.30. The van der Waals surface area contributed by atoms with Crippen LogP contribution in [-0.2, 0) is 22.6 Å². The van der Waals surface area contributed by atoms with Gasteiger partial charge in [-0.3, -0.25) is 14.5 Å². The van der Waals surface area contributed by atoms with Crippen LogP contribution >= 0.6 is 11.3 Å². The van der Waals surface area contributed by atoms with E-state index in [0.29, 0.717) is 5.13 Å². The Kier molecular flexibility index (Phi) is 6.58. The van der Waals surface area contributed by atoms with Gasteiger partial charge in [0, 0.05) is 17.5 Å². The van der Waals surface area contributed by atoms with Gasteiger partial charge in [0.2, 0.25) is 11.8 Å². The largest absolute Gasteiger partial charge is 0.375 e. The van der Waals surface area contributed by atoms with Crippen LogP contribution in [0, 0.1) is 5.82 Å². The zero-order valence-corrected chi connectivity index (χ0v) is 16.5. The first-order valence-electron chi connectivity index (χ1n) is 9.15. The van der Waals surface area contributed by atoms with Crippen molar-refractivity contribution in [1.82, 2.24) is 20.5 Å². The van der Waals surface area contributed by atoms with E-state index >= 15 is 0 Å². The van der Waals surface area contributed by atoms with E-state index in [-0.39, 0.29) is 36.6 Å². The van der Waals surface area contributed by atoms with E-state index in [1.54, 1.807) is 18.3 Å². The molecule has 2 amide bonds. The minimum atomic E-state index is -0.753. The molecule has 4 N–H and O–H groups in total. The third-order valence-electron chi connectivity index (χ3n) is 4.82. The molecule has 2 atom stereocenters. The van der Waals surface area contributed by atoms with Crippen molar-refractivity contribution >= 4 is 28.3 Å². The first kappa shape index (κ1) is 20.2. The van der Waals surface area contributed by atoms with Gasteiger partial charge in [-0.25, -0.2) is 9.37 Å². The van der Waals surface area contributed by atoms with Crippen LogP contribution in [0.5, 0.6) is 0 Å². The Labute approximate surface area is 167 Å². The highest BCUT2D eigenvalue weighted by Gasteiger charge is 2.31. The third kappa shape index (κ3) is 5.26. The Hall–Kier alpha value is -2.52. The predicted molar refractivity (Wildman–Crippen MR) is 106 cm³/mol. The number of carbonyl (C=O) groups is 2. The maximum atomic E-state index is 13.2. The van der Waals surface area contributed by atoms with Crippen LogP contribution in [0.1, 0.15) is 23.3 Å². The number of likely N-dealkylation sites (N-methyl/N-ethyl adjacent to an activating group) is 1. The maximum absolute atomic E-state index is 13.2. The van der Waals surface area contributed by atoms with E-state index in [2.05, 4.69) is 15.6 Å². The Balaban J connectivity index is 1.67. The highest BCUT2D eigenvalue weighted by Crippen LogP contribution is 2.16. The SMILES string of the molecule is CN1CCCC1C(=O)N[C@@H](Cc1ccc(F)cc1)C(=O)NCc1cnc(N)s1. The lowest BCUT2D eigenvalue weighted by Gasteiger charge is -2.23. The smallest absolute Gasteiger partial charge is 0.243 e. The van der Waals surface area contributed by atoms with Crippen LogP contribution in [0.25, 0.3) is 0 Å². The molecule has 0 radical (unpaired) electrons. The van der Waals surface area contributed by atoms with Gasteiger partial charge in [-0.2, -0.15) is 0 Å². The number of nitrogens with one attached hydrogen (secondary N) is 2. The van der Waals surface area contributed by atoms with Gasteiger partial charge in [0.1, 0.15) is 11.9 Å². The summed E-state index contributed by atoms with van der Waals surface area (Å²) < 4.78 is 13.2. The van der Waals surface area contributed by atoms with Crippen LogP contribution in [-0.4, -0.2) is 47.4 Å². The number of hydrogen-bond acceptors (Lipinski definition) is 6. The summed E-state index contributed by atoms with van der Waals surface area (Å²) in [6.07, 6.45) is 3.62. The molecule has 2 aromatic rings. The van der Waals surface area contributed by atoms with Crippen molar-refractivity contribution in [3.63, 3.8) is 0 Å². The topological polar surface area (TPSA) is 100 Å². The zero-order valence-electron chi connectivity index (χ0n) is 15.7. The summed E-state index contributed by atoms with van der Waals surface area (Å²) in [6.45, 7) is 1.15. The van der Waals surface area contributed by atoms with Gasteiger partial charge < -0.3 is 16.4 Å². The van der Waals surface area contributed by atoms with Gasteiger partial charge in [-0.05, 0) is 44.1 Å². The van der Waals surface area contributed by atoms with Crippen molar-refractivity contribution in [3.8, 4) is 0 Å². The third-order valence-corrected chi connectivity index (χ3v) is 5.64. The number of aromatic nitrogens is 1. The fraction of sp³-hybridized carbons (Fsp3) is 0.421. The van der Waals surface area contributed by atoms with Crippen LogP contribution in [0.2, 0.25) is 0 Å². The van der Waals surface area contributed by atoms with Gasteiger partial charge >= 0.3 is 0 Å². The minimum Gasteiger partial charge on any atom is -0.375 e. The zero-order chi connectivity index (χ0) is 20.1. The van der Waals surface area contributed by atoms with Crippen molar-refractivity contribution < 1.29 is 14.0 Å². The number of nitrogens with zero attached hydrogens (tertiary/aromatic N) is 2. The van der Waals surface area contributed by atoms with Gasteiger partial charge in [0.15, 0.2) is 5.13 Å². The number of halogens is 1. The van der Waals surface area contributed by atoms with E-state index < -0.39 is 6.04 Å². The molecule has 1 saturated heterocycles. The minimum absolute atomic E-state index is 0.163. The molecule has 0 saturated carbocycles. The lowest BCUT2D eigenvalue weighted by molar-refractivity contribution is -0.131. The molecule has 3 rings (SSSR count). The average molecular weight is 405 g/mol. The second-order valence-electron chi connectivity index (χ2n) is 6.91. The number of benzene rings is 1. The number of likely N-dealkylation sites (tertiary alicyclic amines) is 1. The van der Waals surface area contributed by atoms with Crippen LogP contribution < -0.4 is 16.4 Å². The van der Waals surface area contributed by atoms with E-state index in [1.165, 1.54) is 23.5 Å². The number of anilines is 1. The van der Waals surface area contributed by atoms with Crippen molar-refractivity contribution in [2.24, 2.45) is 0 Å². The summed E-state index contributed by atoms with van der Waals surface area (Å²) in [5.41, 5.74) is 6.38. The van der Waals surface area contributed by atoms with E-state index in [4.69, 9.17) is 5.73 Å². The van der Waals surface area contributed by atoms with Crippen LogP contribution in [0.3, 0.4) is 0 Å². The molecule has 1 aliphatic rings. The molecule has 1 aromatic heterocycles. The molecule has 0 spiro atoms. The maximum Gasteiger partial charge on any atom is 0.243 e. The van der Waals surface area contributed by atoms with E-state index in [1.807, 2.05) is 11.9 Å². The van der Waals surface area contributed by atoms with Crippen molar-refractivity contribution in [2.45, 2.75) is 37.9 Å². The molecule has 28 heavy (non-hydrogen) atoms. The van der Waals surface area contributed by atoms with Gasteiger partial charge in [0.25, 0.3) is 0 Å². The standard InChI is InChI=1S/C19H24FN5O2S/c1-25-8-2-3-16(25)18(27)24-15(9-12-4-6-13(20)7-5-12)17(26)22-10-14-11-23-19(21)28-14/h4-7,11,15-16H,2-3,8-10H2,1H3,(H2,21,23)(H,22,26)(H,24,27)/t15-,16?/m0/s1. The number of carbonyl (C=O) groups excluding carboxylic acids is 2. The number of nitrogens with two attached hydrogens (primary N) is 1. The molecule has 9 heteroatoms. The Bertz CT molecular complexity index is 826. The van der Waals surface area contributed by atoms with Crippen molar-refractivity contribution in [3.05, 3.63) is 46.7 Å². The molecule has 1 fully saturated rings. The fourth-order valence-corrected chi connectivity index (χ4v) is 3.90. The highest BCUT2D eigenvalue weighted by molar-refractivity contribution is 7.15. The Morgan fingerprint density at radius 2 is 2.14 bits per heavy atom. The van der Waals surface area contributed by atoms with Gasteiger partial charge in [-0.1, -0.05) is 12.1 Å². The quantitative estimate of drug-likeness (QED) is 0.645. The van der Waals surface area contributed by atoms with Gasteiger partial charge in [-0.15, -0.1) is 11.3 Å². The second-order valence-corrected chi connectivity index (χ2v) is 8.06. The van der Waals surface area contributed by atoms with Gasteiger partial charge in [0.05, 0.1) is 12.6 Å². The number of thiazole rings is 1.